The number of fused-ring (bicyclic) bond motifs is 1. The van der Waals surface area contributed by atoms with Crippen LogP contribution in [0.5, 0.6) is 0 Å². The first-order valence-corrected chi connectivity index (χ1v) is 16.5. The predicted octanol–water partition coefficient (Wildman–Crippen LogP) is 6.19. The SMILES string of the molecule is Cc1cc(Nc2cc(N=S(C)(C)=N)c3ncn([C@@H](CCC4CN(CCC#N)C4)CC(C)CC4CC4)c3n2)n[nH]1. The Balaban J connectivity index is 1.43. The van der Waals surface area contributed by atoms with Crippen molar-refractivity contribution >= 4 is 38.1 Å². The summed E-state index contributed by atoms with van der Waals surface area (Å²) in [4.78, 5) is 12.2. The van der Waals surface area contributed by atoms with Gasteiger partial charge in [-0.25, -0.2) is 14.3 Å². The van der Waals surface area contributed by atoms with E-state index >= 15 is 0 Å². The van der Waals surface area contributed by atoms with Gasteiger partial charge in [0.25, 0.3) is 0 Å². The smallest absolute Gasteiger partial charge is 0.164 e. The topological polar surface area (TPSA) is 135 Å². The van der Waals surface area contributed by atoms with E-state index in [1.54, 1.807) is 0 Å². The molecule has 3 aromatic heterocycles. The van der Waals surface area contributed by atoms with Crippen molar-refractivity contribution in [2.75, 3.05) is 37.5 Å². The summed E-state index contributed by atoms with van der Waals surface area (Å²) in [5.41, 5.74) is 3.26. The van der Waals surface area contributed by atoms with Crippen molar-refractivity contribution in [2.24, 2.45) is 22.1 Å². The van der Waals surface area contributed by atoms with Gasteiger partial charge in [-0.1, -0.05) is 29.4 Å². The van der Waals surface area contributed by atoms with Crippen LogP contribution in [0.1, 0.15) is 63.6 Å². The summed E-state index contributed by atoms with van der Waals surface area (Å²) in [6, 6.07) is 6.40. The molecule has 1 aliphatic heterocycles. The zero-order chi connectivity index (χ0) is 27.6. The minimum absolute atomic E-state index is 0.302. The van der Waals surface area contributed by atoms with Gasteiger partial charge < -0.3 is 14.8 Å². The number of hydrogen-bond acceptors (Lipinski definition) is 8. The van der Waals surface area contributed by atoms with Crippen molar-refractivity contribution in [3.8, 4) is 6.07 Å². The Hall–Kier alpha value is -2.97. The molecule has 2 fully saturated rings. The van der Waals surface area contributed by atoms with Gasteiger partial charge in [0, 0.05) is 62.4 Å². The largest absolute Gasteiger partial charge is 0.323 e. The summed E-state index contributed by atoms with van der Waals surface area (Å²) in [7, 11) is -1.90. The molecule has 210 valence electrons. The first-order valence-electron chi connectivity index (χ1n) is 14.1. The second-order valence-corrected chi connectivity index (χ2v) is 14.8. The summed E-state index contributed by atoms with van der Waals surface area (Å²) in [6.07, 6.45) is 13.7. The molecule has 0 bridgehead atoms. The molecule has 3 N–H and O–H groups in total. The van der Waals surface area contributed by atoms with Gasteiger partial charge in [-0.3, -0.25) is 9.88 Å². The van der Waals surface area contributed by atoms with Crippen LogP contribution < -0.4 is 5.32 Å². The van der Waals surface area contributed by atoms with Gasteiger partial charge in [0.15, 0.2) is 11.5 Å². The van der Waals surface area contributed by atoms with Gasteiger partial charge in [0.1, 0.15) is 17.0 Å². The number of likely N-dealkylation sites (tertiary alicyclic amines) is 1. The molecule has 2 aliphatic rings. The van der Waals surface area contributed by atoms with Crippen LogP contribution in [0.4, 0.5) is 17.3 Å². The van der Waals surface area contributed by atoms with Gasteiger partial charge in [0.2, 0.25) is 0 Å². The highest BCUT2D eigenvalue weighted by Gasteiger charge is 2.30. The van der Waals surface area contributed by atoms with Gasteiger partial charge in [0.05, 0.1) is 12.4 Å². The molecule has 0 amide bonds. The standard InChI is InChI=1S/C28H42N10S/c1-19(12-21-6-7-21)13-23(9-8-22-16-37(17-22)11-5-10-29)38-18-31-27-24(36-39(3,4)30)15-25(33-28(27)38)32-26-14-20(2)34-35-26/h14-15,18-19,21-23,30H,5-9,11-13,16-17H2,1-4H3,(H2,32,33,34,35)/t19?,23-/m0/s1. The molecule has 4 heterocycles. The van der Waals surface area contributed by atoms with Crippen LogP contribution in [0.25, 0.3) is 11.2 Å². The highest BCUT2D eigenvalue weighted by atomic mass is 32.2. The highest BCUT2D eigenvalue weighted by Crippen LogP contribution is 2.39. The molecule has 0 spiro atoms. The Labute approximate surface area is 232 Å². The van der Waals surface area contributed by atoms with Crippen LogP contribution in [0.2, 0.25) is 0 Å². The number of anilines is 2. The molecule has 2 atom stereocenters. The monoisotopic (exact) mass is 550 g/mol. The molecule has 0 aromatic carbocycles. The second kappa shape index (κ2) is 11.6. The lowest BCUT2D eigenvalue weighted by Crippen LogP contribution is -2.46. The maximum absolute atomic E-state index is 8.89. The Morgan fingerprint density at radius 2 is 2.05 bits per heavy atom. The van der Waals surface area contributed by atoms with E-state index in [1.165, 1.54) is 19.3 Å². The minimum Gasteiger partial charge on any atom is -0.323 e. The Bertz CT molecular complexity index is 1440. The number of nitriles is 1. The van der Waals surface area contributed by atoms with Crippen LogP contribution in [-0.2, 0) is 9.62 Å². The Morgan fingerprint density at radius 3 is 2.72 bits per heavy atom. The molecule has 5 rings (SSSR count). The van der Waals surface area contributed by atoms with Gasteiger partial charge >= 0.3 is 0 Å². The maximum atomic E-state index is 8.89. The summed E-state index contributed by atoms with van der Waals surface area (Å²) in [6.45, 7) is 7.43. The van der Waals surface area contributed by atoms with Crippen molar-refractivity contribution in [2.45, 2.75) is 64.8 Å². The average Bonchev–Trinajstić information content (AvgIpc) is 3.38. The number of aryl methyl sites for hydroxylation is 1. The van der Waals surface area contributed by atoms with E-state index in [4.69, 9.17) is 24.4 Å². The average molecular weight is 551 g/mol. The minimum atomic E-state index is -1.90. The van der Waals surface area contributed by atoms with Crippen LogP contribution in [0.3, 0.4) is 0 Å². The third kappa shape index (κ3) is 7.37. The third-order valence-electron chi connectivity index (χ3n) is 7.78. The normalized spacial score (nSPS) is 18.0. The number of rotatable bonds is 13. The lowest BCUT2D eigenvalue weighted by atomic mass is 9.88. The maximum Gasteiger partial charge on any atom is 0.164 e. The number of pyridine rings is 1. The molecule has 1 unspecified atom stereocenters. The summed E-state index contributed by atoms with van der Waals surface area (Å²) in [5.74, 6) is 3.59. The van der Waals surface area contributed by atoms with E-state index < -0.39 is 9.62 Å². The van der Waals surface area contributed by atoms with Crippen molar-refractivity contribution in [1.82, 2.24) is 29.6 Å². The number of aromatic nitrogens is 5. The van der Waals surface area contributed by atoms with E-state index in [0.717, 1.165) is 61.7 Å². The number of H-pyrrole nitrogens is 1. The van der Waals surface area contributed by atoms with Crippen LogP contribution in [0.15, 0.2) is 22.8 Å². The Morgan fingerprint density at radius 1 is 1.26 bits per heavy atom. The molecule has 10 nitrogen and oxygen atoms in total. The van der Waals surface area contributed by atoms with E-state index in [9.17, 15) is 0 Å². The highest BCUT2D eigenvalue weighted by molar-refractivity contribution is 7.93. The van der Waals surface area contributed by atoms with Crippen LogP contribution in [-0.4, -0.2) is 61.8 Å². The zero-order valence-electron chi connectivity index (χ0n) is 23.7. The van der Waals surface area contributed by atoms with Crippen molar-refractivity contribution in [1.29, 1.82) is 10.0 Å². The van der Waals surface area contributed by atoms with Crippen molar-refractivity contribution < 1.29 is 0 Å². The zero-order valence-corrected chi connectivity index (χ0v) is 24.5. The van der Waals surface area contributed by atoms with E-state index in [2.05, 4.69) is 38.0 Å². The van der Waals surface area contributed by atoms with Crippen LogP contribution >= 0.6 is 0 Å². The first-order chi connectivity index (χ1) is 18.7. The van der Waals surface area contributed by atoms with E-state index in [0.29, 0.717) is 41.6 Å². The molecule has 3 aromatic rings. The summed E-state index contributed by atoms with van der Waals surface area (Å²) in [5, 5.41) is 19.5. The lowest BCUT2D eigenvalue weighted by molar-refractivity contribution is 0.0911. The quantitative estimate of drug-likeness (QED) is 0.232. The summed E-state index contributed by atoms with van der Waals surface area (Å²) < 4.78 is 15.5. The fourth-order valence-electron chi connectivity index (χ4n) is 5.78. The lowest BCUT2D eigenvalue weighted by Gasteiger charge is -2.39. The van der Waals surface area contributed by atoms with Crippen LogP contribution in [0, 0.1) is 40.8 Å². The molecule has 39 heavy (non-hydrogen) atoms. The van der Waals surface area contributed by atoms with Gasteiger partial charge in [-0.2, -0.15) is 10.4 Å². The van der Waals surface area contributed by atoms with E-state index in [-0.39, 0.29) is 0 Å². The third-order valence-corrected chi connectivity index (χ3v) is 8.43. The predicted molar refractivity (Wildman–Crippen MR) is 158 cm³/mol. The Kier molecular flexibility index (Phi) is 8.24. The second-order valence-electron chi connectivity index (χ2n) is 12.1. The molecule has 1 saturated heterocycles. The van der Waals surface area contributed by atoms with Gasteiger partial charge in [-0.15, -0.1) is 0 Å². The van der Waals surface area contributed by atoms with E-state index in [1.807, 2.05) is 37.9 Å². The first kappa shape index (κ1) is 27.6. The van der Waals surface area contributed by atoms with Crippen molar-refractivity contribution in [3.63, 3.8) is 0 Å². The number of aromatic amines is 1. The van der Waals surface area contributed by atoms with Gasteiger partial charge in [-0.05, 0) is 50.4 Å². The number of imidazole rings is 1. The molecule has 11 heteroatoms. The number of hydrogen-bond donors (Lipinski definition) is 3. The number of nitrogens with zero attached hydrogens (tertiary/aromatic N) is 7. The molecule has 0 radical (unpaired) electrons. The summed E-state index contributed by atoms with van der Waals surface area (Å²) >= 11 is 0. The molecule has 1 aliphatic carbocycles. The molecular weight excluding hydrogens is 508 g/mol. The fraction of sp³-hybridized carbons (Fsp3) is 0.643. The fourth-order valence-corrected chi connectivity index (χ4v) is 6.41. The number of nitrogens with one attached hydrogen (secondary N) is 3. The van der Waals surface area contributed by atoms with Crippen molar-refractivity contribution in [3.05, 3.63) is 24.2 Å². The molecule has 1 saturated carbocycles. The molecular formula is C28H42N10S.